The minimum atomic E-state index is 0.199. The van der Waals surface area contributed by atoms with E-state index in [9.17, 15) is 0 Å². The van der Waals surface area contributed by atoms with Gasteiger partial charge in [-0.05, 0) is 51.3 Å². The average Bonchev–Trinajstić information content (AvgIpc) is 2.29. The van der Waals surface area contributed by atoms with Crippen molar-refractivity contribution in [3.8, 4) is 5.75 Å². The number of nitrogens with one attached hydrogen (secondary N) is 1. The minimum Gasteiger partial charge on any atom is -0.492 e. The summed E-state index contributed by atoms with van der Waals surface area (Å²) in [5.41, 5.74) is 2.64. The number of rotatable bonds is 6. The van der Waals surface area contributed by atoms with Crippen molar-refractivity contribution < 1.29 is 4.74 Å². The van der Waals surface area contributed by atoms with E-state index in [0.29, 0.717) is 6.61 Å². The molecule has 0 spiro atoms. The smallest absolute Gasteiger partial charge is 0.122 e. The molecule has 0 aliphatic rings. The lowest BCUT2D eigenvalue weighted by atomic mass is 10.0. The second kappa shape index (κ2) is 6.06. The molecular formula is C15H25NO. The molecule has 1 aromatic carbocycles. The second-order valence-corrected chi connectivity index (χ2v) is 5.28. The van der Waals surface area contributed by atoms with Gasteiger partial charge in [0.05, 0.1) is 0 Å². The zero-order valence-corrected chi connectivity index (χ0v) is 11.8. The van der Waals surface area contributed by atoms with Crippen LogP contribution in [-0.2, 0) is 0 Å². The zero-order valence-electron chi connectivity index (χ0n) is 11.8. The van der Waals surface area contributed by atoms with Gasteiger partial charge in [-0.3, -0.25) is 0 Å². The van der Waals surface area contributed by atoms with Crippen LogP contribution in [-0.4, -0.2) is 18.7 Å². The zero-order chi connectivity index (χ0) is 12.9. The predicted molar refractivity (Wildman–Crippen MR) is 73.8 cm³/mol. The Balaban J connectivity index is 2.38. The molecule has 1 aromatic rings. The molecule has 2 heteroatoms. The van der Waals surface area contributed by atoms with Crippen molar-refractivity contribution in [3.63, 3.8) is 0 Å². The third-order valence-electron chi connectivity index (χ3n) is 3.19. The van der Waals surface area contributed by atoms with E-state index in [2.05, 4.69) is 58.1 Å². The molecule has 0 bridgehead atoms. The SMILES string of the molecule is CCC(C)(C)NCCOc1cc(C)ccc1C. The highest BCUT2D eigenvalue weighted by Crippen LogP contribution is 2.18. The highest BCUT2D eigenvalue weighted by atomic mass is 16.5. The molecule has 96 valence electrons. The van der Waals surface area contributed by atoms with E-state index in [0.717, 1.165) is 18.7 Å². The Morgan fingerprint density at radius 1 is 1.24 bits per heavy atom. The average molecular weight is 235 g/mol. The van der Waals surface area contributed by atoms with Crippen molar-refractivity contribution in [2.45, 2.75) is 46.6 Å². The molecule has 0 unspecified atom stereocenters. The maximum Gasteiger partial charge on any atom is 0.122 e. The molecule has 0 aliphatic carbocycles. The number of hydrogen-bond donors (Lipinski definition) is 1. The Labute approximate surface area is 105 Å². The van der Waals surface area contributed by atoms with Crippen LogP contribution in [0.3, 0.4) is 0 Å². The number of ether oxygens (including phenoxy) is 1. The third kappa shape index (κ3) is 4.78. The van der Waals surface area contributed by atoms with Gasteiger partial charge in [0.15, 0.2) is 0 Å². The molecule has 0 saturated heterocycles. The topological polar surface area (TPSA) is 21.3 Å². The molecule has 0 fully saturated rings. The summed E-state index contributed by atoms with van der Waals surface area (Å²) < 4.78 is 5.80. The van der Waals surface area contributed by atoms with E-state index in [-0.39, 0.29) is 5.54 Å². The van der Waals surface area contributed by atoms with Crippen molar-refractivity contribution in [2.75, 3.05) is 13.2 Å². The molecule has 1 N–H and O–H groups in total. The molecule has 1 rings (SSSR count). The first kappa shape index (κ1) is 14.0. The molecule has 0 atom stereocenters. The fraction of sp³-hybridized carbons (Fsp3) is 0.600. The standard InChI is InChI=1S/C15H25NO/c1-6-15(4,5)16-9-10-17-14-11-12(2)7-8-13(14)3/h7-8,11,16H,6,9-10H2,1-5H3. The van der Waals surface area contributed by atoms with E-state index in [1.54, 1.807) is 0 Å². The first-order valence-corrected chi connectivity index (χ1v) is 6.40. The van der Waals surface area contributed by atoms with Gasteiger partial charge in [0.25, 0.3) is 0 Å². The first-order valence-electron chi connectivity index (χ1n) is 6.40. The van der Waals surface area contributed by atoms with Gasteiger partial charge in [0.2, 0.25) is 0 Å². The van der Waals surface area contributed by atoms with Crippen molar-refractivity contribution in [1.82, 2.24) is 5.32 Å². The normalized spacial score (nSPS) is 11.6. The number of benzene rings is 1. The molecule has 0 heterocycles. The molecular weight excluding hydrogens is 210 g/mol. The van der Waals surface area contributed by atoms with Crippen molar-refractivity contribution in [2.24, 2.45) is 0 Å². The quantitative estimate of drug-likeness (QED) is 0.762. The highest BCUT2D eigenvalue weighted by Gasteiger charge is 2.12. The first-order chi connectivity index (χ1) is 7.94. The number of hydrogen-bond acceptors (Lipinski definition) is 2. The van der Waals surface area contributed by atoms with Crippen LogP contribution in [0.15, 0.2) is 18.2 Å². The summed E-state index contributed by atoms with van der Waals surface area (Å²) >= 11 is 0. The monoisotopic (exact) mass is 235 g/mol. The van der Waals surface area contributed by atoms with Gasteiger partial charge in [-0.2, -0.15) is 0 Å². The predicted octanol–water partition coefficient (Wildman–Crippen LogP) is 3.46. The molecule has 17 heavy (non-hydrogen) atoms. The Bertz CT molecular complexity index is 358. The van der Waals surface area contributed by atoms with Crippen LogP contribution in [0.25, 0.3) is 0 Å². The fourth-order valence-corrected chi connectivity index (χ4v) is 1.54. The van der Waals surface area contributed by atoms with Gasteiger partial charge < -0.3 is 10.1 Å². The summed E-state index contributed by atoms with van der Waals surface area (Å²) in [5, 5.41) is 3.49. The Morgan fingerprint density at radius 3 is 2.59 bits per heavy atom. The van der Waals surface area contributed by atoms with Crippen molar-refractivity contribution in [1.29, 1.82) is 0 Å². The van der Waals surface area contributed by atoms with Crippen molar-refractivity contribution in [3.05, 3.63) is 29.3 Å². The lowest BCUT2D eigenvalue weighted by Crippen LogP contribution is -2.40. The van der Waals surface area contributed by atoms with Crippen molar-refractivity contribution >= 4 is 0 Å². The maximum atomic E-state index is 5.80. The summed E-state index contributed by atoms with van der Waals surface area (Å²) in [6.45, 7) is 12.4. The molecule has 0 radical (unpaired) electrons. The van der Waals surface area contributed by atoms with E-state index < -0.39 is 0 Å². The lowest BCUT2D eigenvalue weighted by molar-refractivity contribution is 0.279. The Kier molecular flexibility index (Phi) is 5.01. The summed E-state index contributed by atoms with van der Waals surface area (Å²) in [6.07, 6.45) is 1.12. The molecule has 0 aromatic heterocycles. The summed E-state index contributed by atoms with van der Waals surface area (Å²) in [6, 6.07) is 6.31. The highest BCUT2D eigenvalue weighted by molar-refractivity contribution is 5.35. The summed E-state index contributed by atoms with van der Waals surface area (Å²) in [5.74, 6) is 1.00. The summed E-state index contributed by atoms with van der Waals surface area (Å²) in [7, 11) is 0. The molecule has 0 aliphatic heterocycles. The van der Waals surface area contributed by atoms with Crippen LogP contribution in [0, 0.1) is 13.8 Å². The minimum absolute atomic E-state index is 0.199. The van der Waals surface area contributed by atoms with Gasteiger partial charge in [0, 0.05) is 12.1 Å². The summed E-state index contributed by atoms with van der Waals surface area (Å²) in [4.78, 5) is 0. The van der Waals surface area contributed by atoms with E-state index in [1.807, 2.05) is 0 Å². The van der Waals surface area contributed by atoms with Crippen LogP contribution < -0.4 is 10.1 Å². The van der Waals surface area contributed by atoms with Crippen LogP contribution in [0.1, 0.15) is 38.3 Å². The van der Waals surface area contributed by atoms with Crippen LogP contribution in [0.2, 0.25) is 0 Å². The maximum absolute atomic E-state index is 5.80. The molecule has 0 saturated carbocycles. The van der Waals surface area contributed by atoms with Gasteiger partial charge in [-0.25, -0.2) is 0 Å². The number of aryl methyl sites for hydroxylation is 2. The lowest BCUT2D eigenvalue weighted by Gasteiger charge is -2.24. The Morgan fingerprint density at radius 2 is 1.94 bits per heavy atom. The van der Waals surface area contributed by atoms with Gasteiger partial charge in [-0.1, -0.05) is 19.1 Å². The largest absolute Gasteiger partial charge is 0.492 e. The Hall–Kier alpha value is -1.02. The molecule has 2 nitrogen and oxygen atoms in total. The van der Waals surface area contributed by atoms with Crippen LogP contribution in [0.5, 0.6) is 5.75 Å². The molecule has 0 amide bonds. The van der Waals surface area contributed by atoms with Crippen LogP contribution >= 0.6 is 0 Å². The van der Waals surface area contributed by atoms with Gasteiger partial charge in [-0.15, -0.1) is 0 Å². The van der Waals surface area contributed by atoms with E-state index in [1.165, 1.54) is 11.1 Å². The van der Waals surface area contributed by atoms with Crippen LogP contribution in [0.4, 0.5) is 0 Å². The second-order valence-electron chi connectivity index (χ2n) is 5.28. The van der Waals surface area contributed by atoms with E-state index >= 15 is 0 Å². The van der Waals surface area contributed by atoms with E-state index in [4.69, 9.17) is 4.74 Å². The van der Waals surface area contributed by atoms with Gasteiger partial charge in [0.1, 0.15) is 12.4 Å². The van der Waals surface area contributed by atoms with Gasteiger partial charge >= 0.3 is 0 Å². The fourth-order valence-electron chi connectivity index (χ4n) is 1.54. The third-order valence-corrected chi connectivity index (χ3v) is 3.19.